The Bertz CT molecular complexity index is 4390. The van der Waals surface area contributed by atoms with Crippen LogP contribution in [-0.4, -0.2) is 353 Å². The van der Waals surface area contributed by atoms with Crippen molar-refractivity contribution in [2.75, 3.05) is 85.1 Å². The van der Waals surface area contributed by atoms with Gasteiger partial charge in [-0.05, 0) is 192 Å². The molecule has 0 unspecified atom stereocenters. The third-order valence-corrected chi connectivity index (χ3v) is 25.8. The number of nitrogens with one attached hydrogen (secondary N) is 23. The Hall–Kier alpha value is -13.6. The topological polar surface area (TPSA) is 880 Å². The van der Waals surface area contributed by atoms with Crippen molar-refractivity contribution in [2.24, 2.45) is 57.7 Å². The van der Waals surface area contributed by atoms with Crippen molar-refractivity contribution in [2.45, 2.75) is 311 Å². The number of guanidine groups is 7. The number of amides is 15. The van der Waals surface area contributed by atoms with Crippen LogP contribution in [0.2, 0.25) is 0 Å². The largest absolute Gasteiger partial charge is 0.480 e. The maximum atomic E-state index is 15.3. The molecule has 17 atom stereocenters. The molecule has 6 saturated heterocycles. The second kappa shape index (κ2) is 58.4. The molecule has 0 spiro atoms. The monoisotopic (exact) mass is 1990 g/mol. The van der Waals surface area contributed by atoms with Crippen LogP contribution in [0.25, 0.3) is 0 Å². The number of carboxylic acid groups (broad SMARTS) is 1. The Morgan fingerprint density at radius 2 is 0.546 bits per heavy atom. The molecule has 790 valence electrons. The molecule has 15 amide bonds. The number of nitrogens with zero attached hydrogens (tertiary/aromatic N) is 6. The second-order valence-electron chi connectivity index (χ2n) is 37.1. The van der Waals surface area contributed by atoms with Crippen LogP contribution in [0.3, 0.4) is 0 Å². The molecule has 6 heterocycles. The van der Waals surface area contributed by atoms with Crippen LogP contribution in [0, 0.1) is 49.7 Å². The van der Waals surface area contributed by atoms with Gasteiger partial charge in [-0.2, -0.15) is 0 Å². The van der Waals surface area contributed by atoms with Gasteiger partial charge in [-0.25, -0.2) is 0 Å². The highest BCUT2D eigenvalue weighted by atomic mass is 16.4. The smallest absolute Gasteiger partial charge is 0.325 e. The van der Waals surface area contributed by atoms with Crippen LogP contribution >= 0.6 is 0 Å². The van der Waals surface area contributed by atoms with Crippen molar-refractivity contribution in [3.8, 4) is 0 Å². The number of carboxylic acids is 1. The molecule has 0 aromatic heterocycles. The molecule has 0 radical (unpaired) electrons. The van der Waals surface area contributed by atoms with E-state index in [1.165, 1.54) is 36.3 Å². The molecule has 6 rings (SSSR count). The number of hydrogen-bond acceptors (Lipinski definition) is 24. The lowest BCUT2D eigenvalue weighted by molar-refractivity contribution is -0.148. The zero-order chi connectivity index (χ0) is 104. The number of carbonyl (C=O) groups is 16. The predicted octanol–water partition coefficient (Wildman–Crippen LogP) is -8.34. The number of rotatable bonds is 57. The molecule has 6 aliphatic rings. The molecule has 141 heavy (non-hydrogen) atoms. The average Bonchev–Trinajstić information content (AvgIpc) is 1.71. The van der Waals surface area contributed by atoms with Crippen LogP contribution in [0.5, 0.6) is 0 Å². The first kappa shape index (κ1) is 116. The Kier molecular flexibility index (Phi) is 48.1. The summed E-state index contributed by atoms with van der Waals surface area (Å²) < 4.78 is 0. The zero-order valence-corrected chi connectivity index (χ0v) is 81.7. The quantitative estimate of drug-likeness (QED) is 0.0153. The summed E-state index contributed by atoms with van der Waals surface area (Å²) in [5.74, 6) is -15.4. The highest BCUT2D eigenvalue weighted by molar-refractivity contribution is 6.02. The summed E-state index contributed by atoms with van der Waals surface area (Å²) in [7, 11) is 0. The number of hydrogen-bond donors (Lipinski definition) is 32. The Balaban J connectivity index is 1.19. The summed E-state index contributed by atoms with van der Waals surface area (Å²) in [6.45, 7) is 9.38. The van der Waals surface area contributed by atoms with E-state index in [4.69, 9.17) is 83.7 Å². The van der Waals surface area contributed by atoms with Gasteiger partial charge in [-0.3, -0.25) is 115 Å². The van der Waals surface area contributed by atoms with Gasteiger partial charge >= 0.3 is 5.97 Å². The van der Waals surface area contributed by atoms with Gasteiger partial charge in [-0.15, -0.1) is 0 Å². The molecule has 6 fully saturated rings. The van der Waals surface area contributed by atoms with Crippen molar-refractivity contribution in [3.05, 3.63) is 0 Å². The van der Waals surface area contributed by atoms with E-state index < -0.39 is 197 Å². The van der Waals surface area contributed by atoms with Crippen LogP contribution in [-0.2, 0) is 76.7 Å². The zero-order valence-electron chi connectivity index (χ0n) is 81.7. The molecule has 54 heteroatoms. The summed E-state index contributed by atoms with van der Waals surface area (Å²) in [6, 6.07) is -20.1. The van der Waals surface area contributed by atoms with E-state index in [2.05, 4.69) is 85.1 Å². The van der Waals surface area contributed by atoms with E-state index >= 15 is 38.4 Å². The third-order valence-electron chi connectivity index (χ3n) is 25.8. The van der Waals surface area contributed by atoms with Crippen LogP contribution in [0.1, 0.15) is 214 Å². The first-order chi connectivity index (χ1) is 66.8. The highest BCUT2D eigenvalue weighted by Crippen LogP contribution is 2.30. The van der Waals surface area contributed by atoms with E-state index in [1.807, 2.05) is 0 Å². The van der Waals surface area contributed by atoms with Crippen molar-refractivity contribution < 1.29 is 81.8 Å². The van der Waals surface area contributed by atoms with E-state index in [1.54, 1.807) is 27.7 Å². The third kappa shape index (κ3) is 37.2. The standard InChI is InChI=1S/C87H155N37O17/c1-6-48(4)64(118-67(127)52(22-9-35-105-83(93)94)111-65(125)50(88)20-7-33-103-81(89)90)73(133)116-56(26-13-39-109-87(101)102)76(136)121-42-16-29-60(121)71(131)115-55(25-12-38-108-86(99)100)77(137)124-45-19-32-63(124)79(139)123-44-18-31-62(123)69(129)112-51(21-8-34-104-82(91)92)66(126)117-57(46-47(2)3)78(138)122-43-17-30-61(122)72(132)114-54(24-11-37-107-85(97)98)75(135)120-41-15-28-59(120)70(130)113-53(23-10-36-106-84(95)96)74(134)119-40-14-27-58(119)68(128)110-49(5)80(140)141/h47-64H,6-46,88H2,1-5H3,(H,110,128)(H,111,125)(H,112,129)(H,113,130)(H,114,132)(H,115,131)(H,116,133)(H,117,126)(H,118,127)(H,140,141)(H4,89,90,103)(H4,91,92,104)(H4,93,94,105)(H4,95,96,106)(H4,97,98,107)(H4,99,100,108)(H4,101,102,109)/t48-,49-,50-,51-,52-,53-,54-,55-,56-,57-,58-,59-,60-,61-,62-,63-,64-/m0/s1. The minimum atomic E-state index is -1.41. The van der Waals surface area contributed by atoms with Crippen LogP contribution in [0.15, 0.2) is 0 Å². The van der Waals surface area contributed by atoms with Gasteiger partial charge in [0.05, 0.1) is 6.04 Å². The van der Waals surface area contributed by atoms with Crippen molar-refractivity contribution in [3.63, 3.8) is 0 Å². The molecule has 0 aliphatic carbocycles. The predicted molar refractivity (Wildman–Crippen MR) is 520 cm³/mol. The van der Waals surface area contributed by atoms with E-state index in [0.29, 0.717) is 51.4 Å². The molecule has 6 aliphatic heterocycles. The number of likely N-dealkylation sites (tertiary alicyclic amines) is 6. The number of carbonyl (C=O) groups excluding carboxylic acids is 15. The minimum Gasteiger partial charge on any atom is -0.480 e. The van der Waals surface area contributed by atoms with E-state index in [9.17, 15) is 43.5 Å². The van der Waals surface area contributed by atoms with Crippen LogP contribution < -0.4 is 131 Å². The van der Waals surface area contributed by atoms with Crippen molar-refractivity contribution in [1.82, 2.24) is 114 Å². The fourth-order valence-corrected chi connectivity index (χ4v) is 18.3. The van der Waals surface area contributed by atoms with Gasteiger partial charge < -0.3 is 165 Å². The number of nitrogens with two attached hydrogens (primary N) is 8. The van der Waals surface area contributed by atoms with Crippen molar-refractivity contribution in [1.29, 1.82) is 37.9 Å². The average molecular weight is 1990 g/mol. The van der Waals surface area contributed by atoms with Gasteiger partial charge in [0, 0.05) is 85.1 Å². The Morgan fingerprint density at radius 3 is 0.858 bits per heavy atom. The fourth-order valence-electron chi connectivity index (χ4n) is 18.3. The van der Waals surface area contributed by atoms with Gasteiger partial charge in [-0.1, -0.05) is 34.1 Å². The lowest BCUT2D eigenvalue weighted by atomic mass is 9.96. The maximum absolute atomic E-state index is 15.3. The Morgan fingerprint density at radius 1 is 0.305 bits per heavy atom. The summed E-state index contributed by atoms with van der Waals surface area (Å²) >= 11 is 0. The summed E-state index contributed by atoms with van der Waals surface area (Å²) in [4.78, 5) is 241. The summed E-state index contributed by atoms with van der Waals surface area (Å²) in [6.07, 6.45) is 4.12. The molecule has 0 aromatic carbocycles. The normalized spacial score (nSPS) is 20.0. The Labute approximate surface area is 820 Å². The molecular weight excluding hydrogens is 1840 g/mol. The minimum absolute atomic E-state index is 0.00431. The molecule has 0 saturated carbocycles. The number of aliphatic carboxylic acids is 1. The lowest BCUT2D eigenvalue weighted by Crippen LogP contribution is -2.61. The lowest BCUT2D eigenvalue weighted by Gasteiger charge is -2.34. The molecular formula is C87H155N37O17. The van der Waals surface area contributed by atoms with Gasteiger partial charge in [0.1, 0.15) is 90.6 Å². The first-order valence-electron chi connectivity index (χ1n) is 49.0. The second-order valence-corrected chi connectivity index (χ2v) is 37.1. The van der Waals surface area contributed by atoms with Gasteiger partial charge in [0.25, 0.3) is 0 Å². The highest BCUT2D eigenvalue weighted by Gasteiger charge is 2.49. The molecule has 54 nitrogen and oxygen atoms in total. The summed E-state index contributed by atoms with van der Waals surface area (Å²) in [5, 5.41) is 107. The van der Waals surface area contributed by atoms with Crippen LogP contribution in [0.4, 0.5) is 0 Å². The first-order valence-corrected chi connectivity index (χ1v) is 49.0. The fraction of sp³-hybridized carbons (Fsp3) is 0.736. The maximum Gasteiger partial charge on any atom is 0.325 e. The van der Waals surface area contributed by atoms with Crippen molar-refractivity contribution >= 4 is 136 Å². The molecule has 0 aromatic rings. The van der Waals surface area contributed by atoms with E-state index in [0.717, 1.165) is 0 Å². The van der Waals surface area contributed by atoms with E-state index in [-0.39, 0.29) is 261 Å². The molecule has 0 bridgehead atoms. The van der Waals surface area contributed by atoms with Gasteiger partial charge in [0.2, 0.25) is 88.6 Å². The summed E-state index contributed by atoms with van der Waals surface area (Å²) in [5.41, 5.74) is 45.2. The van der Waals surface area contributed by atoms with Gasteiger partial charge in [0.15, 0.2) is 41.7 Å². The molecule has 40 N–H and O–H groups in total. The SMILES string of the molecule is CC[C@H](C)[C@H](NC(=O)[C@H](CCCNC(=N)N)NC(=O)[C@@H](N)CCCNC(=N)N)C(=O)N[C@@H](CCCNC(=N)N)C(=O)N1CCC[C@H]1C(=O)N[C@@H](CCCNC(=N)N)C(=O)N1CCC[C@H]1C(=O)N1CCC[C@H]1C(=O)N[C@@H](CCCNC(=N)N)C(=O)N[C@@H](CC(C)C)C(=O)N1CCC[C@H]1C(=O)N[C@@H](CCCNC(=N)N)C(=O)N1CCC[C@H]1C(=O)N[C@@H](CCCNC(=N)N)C(=O)N1CCC[C@H]1C(=O)N[C@@H](C)C(=O)O.